The topological polar surface area (TPSA) is 147 Å². The zero-order valence-electron chi connectivity index (χ0n) is 63.4. The molecule has 3 aliphatic rings. The van der Waals surface area contributed by atoms with Crippen LogP contribution in [-0.4, -0.2) is 44.9 Å². The minimum Gasteiger partial charge on any atom is -0.453 e. The van der Waals surface area contributed by atoms with E-state index in [1.165, 1.54) is 22.5 Å². The number of rotatable bonds is 12. The van der Waals surface area contributed by atoms with Crippen molar-refractivity contribution < 1.29 is 4.74 Å². The number of benzene rings is 15. The van der Waals surface area contributed by atoms with Crippen LogP contribution in [0.4, 0.5) is 62.6 Å². The van der Waals surface area contributed by atoms with Gasteiger partial charge < -0.3 is 24.8 Å². The SMILES string of the molecule is CC1(C)c2ccccc2N(c2ccc(-c3nc(-c4ccccc4)nc(-c4ccccc4)n3)cc2)c2ccccc21.c1ccc(-c2nc(-c3ccccc3)nc(-c3ccc(N4c5ccccc5Nc5ccccc54)cc3)n2)cc1.c1ccc(-c2nc(-c3ccccc3)nc(-c3ccc(N4c5ccccc5Oc5ccccc54)cc3)n2)cc1. The highest BCUT2D eigenvalue weighted by Crippen LogP contribution is 2.54. The Morgan fingerprint density at radius 1 is 0.198 bits per heavy atom. The molecule has 0 atom stereocenters. The Labute approximate surface area is 672 Å². The lowest BCUT2D eigenvalue weighted by atomic mass is 9.73. The summed E-state index contributed by atoms with van der Waals surface area (Å²) in [4.78, 5) is 50.5. The number of fused-ring (bicyclic) bond motifs is 6. The van der Waals surface area contributed by atoms with Crippen molar-refractivity contribution >= 4 is 62.6 Å². The summed E-state index contributed by atoms with van der Waals surface area (Å²) < 4.78 is 6.16. The molecule has 3 aliphatic heterocycles. The molecule has 116 heavy (non-hydrogen) atoms. The molecule has 0 saturated heterocycles. The van der Waals surface area contributed by atoms with Crippen molar-refractivity contribution in [2.45, 2.75) is 19.3 Å². The van der Waals surface area contributed by atoms with Gasteiger partial charge in [0.15, 0.2) is 63.9 Å². The van der Waals surface area contributed by atoms with Crippen LogP contribution in [0.15, 0.2) is 400 Å². The van der Waals surface area contributed by atoms with Gasteiger partial charge in [0.25, 0.3) is 0 Å². The molecular formula is C102H73N13O. The Morgan fingerprint density at radius 2 is 0.397 bits per heavy atom. The Kier molecular flexibility index (Phi) is 19.0. The fraction of sp³-hybridized carbons (Fsp3) is 0.0294. The zero-order chi connectivity index (χ0) is 77.7. The Balaban J connectivity index is 0.000000116. The van der Waals surface area contributed by atoms with Crippen LogP contribution >= 0.6 is 0 Å². The molecule has 0 amide bonds. The molecule has 0 bridgehead atoms. The number of aromatic nitrogens is 9. The highest BCUT2D eigenvalue weighted by molar-refractivity contribution is 5.97. The number of hydrogen-bond donors (Lipinski definition) is 1. The van der Waals surface area contributed by atoms with E-state index in [4.69, 9.17) is 49.6 Å². The minimum atomic E-state index is -0.0871. The van der Waals surface area contributed by atoms with Crippen LogP contribution in [0.3, 0.4) is 0 Å². The number of ether oxygens (including phenoxy) is 1. The first-order valence-electron chi connectivity index (χ1n) is 38.6. The highest BCUT2D eigenvalue weighted by atomic mass is 16.5. The molecule has 14 heteroatoms. The smallest absolute Gasteiger partial charge is 0.164 e. The maximum absolute atomic E-state index is 6.16. The lowest BCUT2D eigenvalue weighted by Gasteiger charge is -2.42. The van der Waals surface area contributed by atoms with Crippen molar-refractivity contribution in [3.63, 3.8) is 0 Å². The summed E-state index contributed by atoms with van der Waals surface area (Å²) in [6.45, 7) is 4.61. The quantitative estimate of drug-likeness (QED) is 0.124. The molecule has 21 rings (SSSR count). The number of nitrogens with one attached hydrogen (secondary N) is 1. The van der Waals surface area contributed by atoms with Crippen LogP contribution < -0.4 is 24.8 Å². The Bertz CT molecular complexity index is 5970. The molecule has 0 saturated carbocycles. The first-order chi connectivity index (χ1) is 57.3. The van der Waals surface area contributed by atoms with Crippen molar-refractivity contribution in [1.29, 1.82) is 0 Å². The molecule has 18 aromatic rings. The van der Waals surface area contributed by atoms with Gasteiger partial charge in [0.1, 0.15) is 0 Å². The van der Waals surface area contributed by atoms with Gasteiger partial charge in [-0.15, -0.1) is 0 Å². The minimum absolute atomic E-state index is 0.0871. The van der Waals surface area contributed by atoms with Gasteiger partial charge >= 0.3 is 0 Å². The highest BCUT2D eigenvalue weighted by Gasteiger charge is 2.37. The van der Waals surface area contributed by atoms with Gasteiger partial charge in [-0.1, -0.05) is 281 Å². The molecule has 0 radical (unpaired) electrons. The molecule has 0 aliphatic carbocycles. The summed E-state index contributed by atoms with van der Waals surface area (Å²) in [6, 6.07) is 136. The van der Waals surface area contributed by atoms with Crippen LogP contribution in [0, 0.1) is 0 Å². The third-order valence-electron chi connectivity index (χ3n) is 20.9. The van der Waals surface area contributed by atoms with E-state index in [0.29, 0.717) is 52.4 Å². The van der Waals surface area contributed by atoms with Crippen molar-refractivity contribution in [3.05, 3.63) is 412 Å². The van der Waals surface area contributed by atoms with Crippen LogP contribution in [0.5, 0.6) is 11.5 Å². The van der Waals surface area contributed by atoms with Crippen LogP contribution in [-0.2, 0) is 5.41 Å². The summed E-state index contributed by atoms with van der Waals surface area (Å²) in [5, 5.41) is 3.55. The summed E-state index contributed by atoms with van der Waals surface area (Å²) in [6.07, 6.45) is 0. The van der Waals surface area contributed by atoms with Crippen molar-refractivity contribution in [1.82, 2.24) is 44.9 Å². The van der Waals surface area contributed by atoms with Crippen LogP contribution in [0.2, 0.25) is 0 Å². The van der Waals surface area contributed by atoms with E-state index in [1.54, 1.807) is 0 Å². The Hall–Kier alpha value is -15.7. The lowest BCUT2D eigenvalue weighted by molar-refractivity contribution is 0.477. The van der Waals surface area contributed by atoms with Gasteiger partial charge in [0.05, 0.1) is 45.5 Å². The average molecular weight is 1500 g/mol. The molecule has 552 valence electrons. The van der Waals surface area contributed by atoms with E-state index in [9.17, 15) is 0 Å². The molecule has 0 fully saturated rings. The second-order valence-electron chi connectivity index (χ2n) is 28.6. The van der Waals surface area contributed by atoms with Crippen molar-refractivity contribution in [2.24, 2.45) is 0 Å². The molecule has 15 aromatic carbocycles. The van der Waals surface area contributed by atoms with Crippen molar-refractivity contribution in [2.75, 3.05) is 20.0 Å². The van der Waals surface area contributed by atoms with Gasteiger partial charge in [-0.3, -0.25) is 0 Å². The molecule has 6 heterocycles. The van der Waals surface area contributed by atoms with Crippen LogP contribution in [0.1, 0.15) is 25.0 Å². The van der Waals surface area contributed by atoms with Crippen LogP contribution in [0.25, 0.3) is 102 Å². The summed E-state index contributed by atoms with van der Waals surface area (Å²) in [5.74, 6) is 7.51. The molecular weight excluding hydrogens is 1420 g/mol. The maximum atomic E-state index is 6.16. The number of anilines is 11. The molecule has 14 nitrogen and oxygen atoms in total. The molecule has 0 unspecified atom stereocenters. The zero-order valence-corrected chi connectivity index (χ0v) is 63.4. The van der Waals surface area contributed by atoms with E-state index in [0.717, 1.165) is 113 Å². The normalized spacial score (nSPS) is 12.4. The van der Waals surface area contributed by atoms with Gasteiger partial charge in [0.2, 0.25) is 0 Å². The monoisotopic (exact) mass is 1500 g/mol. The van der Waals surface area contributed by atoms with E-state index < -0.39 is 0 Å². The second kappa shape index (κ2) is 31.2. The van der Waals surface area contributed by atoms with Gasteiger partial charge in [-0.25, -0.2) is 44.9 Å². The largest absolute Gasteiger partial charge is 0.453 e. The third kappa shape index (κ3) is 14.2. The molecule has 3 aromatic heterocycles. The number of hydrogen-bond acceptors (Lipinski definition) is 14. The number of nitrogens with zero attached hydrogens (tertiary/aromatic N) is 12. The third-order valence-corrected chi connectivity index (χ3v) is 20.9. The van der Waals surface area contributed by atoms with E-state index in [1.807, 2.05) is 218 Å². The predicted molar refractivity (Wildman–Crippen MR) is 468 cm³/mol. The molecule has 1 N–H and O–H groups in total. The Morgan fingerprint density at radius 3 is 0.672 bits per heavy atom. The lowest BCUT2D eigenvalue weighted by Crippen LogP contribution is -2.30. The average Bonchev–Trinajstić information content (AvgIpc) is 0.726. The standard InChI is InChI=1S/C36H28N4.C33H23N5.C33H22N4O/c1-36(2)29-17-9-11-19-31(29)40(32-20-12-10-18-30(32)36)28-23-21-27(22-24-28)35-38-33(25-13-5-3-6-14-25)37-34(39-35)26-15-7-4-8-16-26;1-3-11-23(12-4-1)31-35-32(24-13-5-2-6-14-24)37-33(36-31)25-19-21-26(22-20-25)38-29-17-9-7-15-27(29)34-28-16-8-10-18-30(28)38;1-3-11-23(12-4-1)31-34-32(24-13-5-2-6-14-24)36-33(35-31)25-19-21-26(22-20-25)37-27-15-7-9-17-29(27)38-30-18-10-8-16-28(30)37/h3-24H,1-2H3;1-22,34H;1-22H. The predicted octanol–water partition coefficient (Wildman–Crippen LogP) is 25.8. The number of para-hydroxylation sites is 10. The van der Waals surface area contributed by atoms with E-state index in [-0.39, 0.29) is 5.41 Å². The van der Waals surface area contributed by atoms with Gasteiger partial charge in [0, 0.05) is 72.5 Å². The summed E-state index contributed by atoms with van der Waals surface area (Å²) in [7, 11) is 0. The maximum Gasteiger partial charge on any atom is 0.164 e. The molecule has 0 spiro atoms. The second-order valence-corrected chi connectivity index (χ2v) is 28.6. The van der Waals surface area contributed by atoms with E-state index in [2.05, 4.69) is 216 Å². The van der Waals surface area contributed by atoms with E-state index >= 15 is 0 Å². The summed E-state index contributed by atoms with van der Waals surface area (Å²) >= 11 is 0. The van der Waals surface area contributed by atoms with Gasteiger partial charge in [-0.05, 0) is 145 Å². The summed E-state index contributed by atoms with van der Waals surface area (Å²) in [5.41, 5.74) is 23.0. The fourth-order valence-electron chi connectivity index (χ4n) is 15.1. The first kappa shape index (κ1) is 70.7. The fourth-order valence-corrected chi connectivity index (χ4v) is 15.1. The van der Waals surface area contributed by atoms with Crippen molar-refractivity contribution in [3.8, 4) is 114 Å². The van der Waals surface area contributed by atoms with Gasteiger partial charge in [-0.2, -0.15) is 0 Å². The first-order valence-corrected chi connectivity index (χ1v) is 38.6.